The van der Waals surface area contributed by atoms with Gasteiger partial charge in [0.1, 0.15) is 15.6 Å². The number of thiazole rings is 2. The first-order valence-corrected chi connectivity index (χ1v) is 8.28. The van der Waals surface area contributed by atoms with E-state index in [0.29, 0.717) is 18.0 Å². The lowest BCUT2D eigenvalue weighted by Crippen LogP contribution is -2.28. The molecule has 0 saturated carbocycles. The van der Waals surface area contributed by atoms with Crippen molar-refractivity contribution in [3.05, 3.63) is 32.2 Å². The van der Waals surface area contributed by atoms with Crippen LogP contribution >= 0.6 is 22.7 Å². The second kappa shape index (κ2) is 6.21. The molecule has 0 unspecified atom stereocenters. The Kier molecular flexibility index (Phi) is 4.75. The molecule has 0 radical (unpaired) electrons. The Morgan fingerprint density at radius 3 is 2.71 bits per heavy atom. The molecule has 0 fully saturated rings. The lowest BCUT2D eigenvalue weighted by Gasteiger charge is -2.15. The standard InChI is InChI=1S/C14H19N3O2S2/c1-9-6-15-11(21-9)5-12(18)17(4)7-10-8-20-13(16-10)14(2,3)19/h6,8,19H,5,7H2,1-4H3. The first-order chi connectivity index (χ1) is 9.75. The first-order valence-electron chi connectivity index (χ1n) is 6.58. The van der Waals surface area contributed by atoms with Gasteiger partial charge in [-0.05, 0) is 20.8 Å². The van der Waals surface area contributed by atoms with E-state index in [9.17, 15) is 9.90 Å². The molecule has 0 aromatic carbocycles. The SMILES string of the molecule is Cc1cnc(CC(=O)N(C)Cc2csc(C(C)(C)O)n2)s1. The lowest BCUT2D eigenvalue weighted by atomic mass is 10.1. The summed E-state index contributed by atoms with van der Waals surface area (Å²) in [5.41, 5.74) is -0.146. The summed E-state index contributed by atoms with van der Waals surface area (Å²) in [6.07, 6.45) is 2.10. The van der Waals surface area contributed by atoms with Crippen molar-refractivity contribution in [3.63, 3.8) is 0 Å². The Balaban J connectivity index is 1.96. The Labute approximate surface area is 132 Å². The zero-order valence-corrected chi connectivity index (χ0v) is 14.2. The summed E-state index contributed by atoms with van der Waals surface area (Å²) in [5.74, 6) is 0.0159. The van der Waals surface area contributed by atoms with Crippen molar-refractivity contribution in [2.24, 2.45) is 0 Å². The van der Waals surface area contributed by atoms with Crippen molar-refractivity contribution in [2.45, 2.75) is 39.3 Å². The van der Waals surface area contributed by atoms with Gasteiger partial charge < -0.3 is 10.0 Å². The highest BCUT2D eigenvalue weighted by molar-refractivity contribution is 7.11. The van der Waals surface area contributed by atoms with E-state index in [1.165, 1.54) is 11.3 Å². The molecule has 0 aliphatic carbocycles. The normalized spacial score (nSPS) is 11.7. The summed E-state index contributed by atoms with van der Waals surface area (Å²) in [6.45, 7) is 5.82. The fraction of sp³-hybridized carbons (Fsp3) is 0.500. The molecule has 2 aromatic heterocycles. The van der Waals surface area contributed by atoms with Crippen LogP contribution in [0.3, 0.4) is 0 Å². The third-order valence-corrected chi connectivity index (χ3v) is 4.99. The van der Waals surface area contributed by atoms with E-state index in [4.69, 9.17) is 0 Å². The molecular weight excluding hydrogens is 306 g/mol. The average Bonchev–Trinajstić information content (AvgIpc) is 2.98. The number of hydrogen-bond donors (Lipinski definition) is 1. The highest BCUT2D eigenvalue weighted by Gasteiger charge is 2.21. The molecular formula is C14H19N3O2S2. The number of aliphatic hydroxyl groups is 1. The quantitative estimate of drug-likeness (QED) is 0.916. The van der Waals surface area contributed by atoms with Crippen molar-refractivity contribution in [1.82, 2.24) is 14.9 Å². The zero-order valence-electron chi connectivity index (χ0n) is 12.6. The van der Waals surface area contributed by atoms with Gasteiger partial charge in [-0.2, -0.15) is 0 Å². The fourth-order valence-corrected chi connectivity index (χ4v) is 3.35. The molecule has 0 spiro atoms. The van der Waals surface area contributed by atoms with E-state index in [-0.39, 0.29) is 5.91 Å². The molecule has 7 heteroatoms. The van der Waals surface area contributed by atoms with Crippen molar-refractivity contribution in [3.8, 4) is 0 Å². The number of carbonyl (C=O) groups is 1. The maximum absolute atomic E-state index is 12.1. The Morgan fingerprint density at radius 2 is 2.19 bits per heavy atom. The van der Waals surface area contributed by atoms with Crippen LogP contribution in [-0.4, -0.2) is 32.9 Å². The van der Waals surface area contributed by atoms with Crippen molar-refractivity contribution >= 4 is 28.6 Å². The van der Waals surface area contributed by atoms with E-state index in [1.54, 1.807) is 43.3 Å². The molecule has 2 aromatic rings. The third-order valence-electron chi connectivity index (χ3n) is 2.87. The highest BCUT2D eigenvalue weighted by atomic mass is 32.1. The number of carbonyl (C=O) groups excluding carboxylic acids is 1. The second-order valence-corrected chi connectivity index (χ2v) is 7.67. The van der Waals surface area contributed by atoms with Gasteiger partial charge in [-0.1, -0.05) is 0 Å². The Hall–Kier alpha value is -1.31. The molecule has 1 N–H and O–H groups in total. The van der Waals surface area contributed by atoms with Crippen LogP contribution in [0.2, 0.25) is 0 Å². The number of likely N-dealkylation sites (N-methyl/N-ethyl adjacent to an activating group) is 1. The van der Waals surface area contributed by atoms with E-state index < -0.39 is 5.60 Å². The van der Waals surface area contributed by atoms with E-state index in [2.05, 4.69) is 9.97 Å². The average molecular weight is 325 g/mol. The summed E-state index contributed by atoms with van der Waals surface area (Å²) in [4.78, 5) is 23.5. The third kappa shape index (κ3) is 4.33. The topological polar surface area (TPSA) is 66.3 Å². The van der Waals surface area contributed by atoms with Crippen LogP contribution in [0.1, 0.15) is 34.4 Å². The van der Waals surface area contributed by atoms with Gasteiger partial charge in [-0.15, -0.1) is 22.7 Å². The maximum atomic E-state index is 12.1. The number of aryl methyl sites for hydroxylation is 1. The molecule has 2 heterocycles. The molecule has 0 aliphatic heterocycles. The molecule has 0 saturated heterocycles. The largest absolute Gasteiger partial charge is 0.383 e. The predicted molar refractivity (Wildman–Crippen MR) is 84.4 cm³/mol. The molecule has 5 nitrogen and oxygen atoms in total. The molecule has 1 amide bonds. The molecule has 114 valence electrons. The Bertz CT molecular complexity index is 628. The minimum Gasteiger partial charge on any atom is -0.383 e. The van der Waals surface area contributed by atoms with Gasteiger partial charge in [0.15, 0.2) is 0 Å². The van der Waals surface area contributed by atoms with Crippen LogP contribution in [0.5, 0.6) is 0 Å². The summed E-state index contributed by atoms with van der Waals surface area (Å²) in [5, 5.41) is 13.3. The molecule has 2 rings (SSSR count). The number of amides is 1. The minimum absolute atomic E-state index is 0.0159. The Morgan fingerprint density at radius 1 is 1.48 bits per heavy atom. The van der Waals surface area contributed by atoms with Crippen LogP contribution in [0.4, 0.5) is 0 Å². The smallest absolute Gasteiger partial charge is 0.229 e. The van der Waals surface area contributed by atoms with Crippen LogP contribution in [0.15, 0.2) is 11.6 Å². The van der Waals surface area contributed by atoms with Gasteiger partial charge in [0, 0.05) is 23.5 Å². The van der Waals surface area contributed by atoms with Crippen molar-refractivity contribution in [2.75, 3.05) is 7.05 Å². The maximum Gasteiger partial charge on any atom is 0.229 e. The van der Waals surface area contributed by atoms with E-state index in [1.807, 2.05) is 12.3 Å². The molecule has 0 aliphatic rings. The summed E-state index contributed by atoms with van der Waals surface area (Å²) in [7, 11) is 1.76. The monoisotopic (exact) mass is 325 g/mol. The number of hydrogen-bond acceptors (Lipinski definition) is 6. The van der Waals surface area contributed by atoms with Gasteiger partial charge >= 0.3 is 0 Å². The van der Waals surface area contributed by atoms with Gasteiger partial charge in [0.05, 0.1) is 18.7 Å². The van der Waals surface area contributed by atoms with Crippen LogP contribution < -0.4 is 0 Å². The molecule has 21 heavy (non-hydrogen) atoms. The zero-order chi connectivity index (χ0) is 15.6. The summed E-state index contributed by atoms with van der Waals surface area (Å²) in [6, 6.07) is 0. The highest BCUT2D eigenvalue weighted by Crippen LogP contribution is 2.24. The van der Waals surface area contributed by atoms with Gasteiger partial charge in [-0.3, -0.25) is 4.79 Å². The van der Waals surface area contributed by atoms with Crippen molar-refractivity contribution in [1.29, 1.82) is 0 Å². The van der Waals surface area contributed by atoms with Crippen molar-refractivity contribution < 1.29 is 9.90 Å². The van der Waals surface area contributed by atoms with Gasteiger partial charge in [0.2, 0.25) is 5.91 Å². The van der Waals surface area contributed by atoms with Crippen LogP contribution in [0, 0.1) is 6.92 Å². The second-order valence-electron chi connectivity index (χ2n) is 5.49. The first kappa shape index (κ1) is 16.1. The minimum atomic E-state index is -0.941. The van der Waals surface area contributed by atoms with Gasteiger partial charge in [-0.25, -0.2) is 9.97 Å². The number of nitrogens with zero attached hydrogens (tertiary/aromatic N) is 3. The molecule has 0 atom stereocenters. The summed E-state index contributed by atoms with van der Waals surface area (Å²) >= 11 is 2.95. The van der Waals surface area contributed by atoms with Crippen LogP contribution in [0.25, 0.3) is 0 Å². The molecule has 0 bridgehead atoms. The lowest BCUT2D eigenvalue weighted by molar-refractivity contribution is -0.129. The van der Waals surface area contributed by atoms with Gasteiger partial charge in [0.25, 0.3) is 0 Å². The predicted octanol–water partition coefficient (Wildman–Crippen LogP) is 2.34. The van der Waals surface area contributed by atoms with E-state index >= 15 is 0 Å². The fourth-order valence-electron chi connectivity index (χ4n) is 1.74. The summed E-state index contributed by atoms with van der Waals surface area (Å²) < 4.78 is 0. The number of rotatable bonds is 5. The van der Waals surface area contributed by atoms with Crippen LogP contribution in [-0.2, 0) is 23.4 Å². The van der Waals surface area contributed by atoms with E-state index in [0.717, 1.165) is 15.6 Å². The number of aromatic nitrogens is 2.